The highest BCUT2D eigenvalue weighted by Crippen LogP contribution is 2.31. The number of carbonyl (C=O) groups is 1. The Morgan fingerprint density at radius 1 is 1.03 bits per heavy atom. The molecule has 0 saturated carbocycles. The second-order valence-corrected chi connectivity index (χ2v) is 7.31. The fraction of sp³-hybridized carbons (Fsp3) is 0.0833. The van der Waals surface area contributed by atoms with E-state index in [2.05, 4.69) is 10.1 Å². The molecule has 4 rings (SSSR count). The van der Waals surface area contributed by atoms with Crippen LogP contribution >= 0.6 is 11.6 Å². The van der Waals surface area contributed by atoms with Gasteiger partial charge in [-0.1, -0.05) is 60.1 Å². The van der Waals surface area contributed by atoms with Gasteiger partial charge in [-0.2, -0.15) is 13.9 Å². The molecule has 0 spiro atoms. The maximum Gasteiger partial charge on any atom is 0.387 e. The molecule has 0 unspecified atom stereocenters. The first-order chi connectivity index (χ1) is 15.4. The van der Waals surface area contributed by atoms with Crippen LogP contribution in [0.5, 0.6) is 5.75 Å². The molecule has 0 aliphatic heterocycles. The van der Waals surface area contributed by atoms with Crippen molar-refractivity contribution >= 4 is 23.2 Å². The van der Waals surface area contributed by atoms with Gasteiger partial charge in [0.25, 0.3) is 5.91 Å². The van der Waals surface area contributed by atoms with Gasteiger partial charge in [0, 0.05) is 11.3 Å². The zero-order valence-corrected chi connectivity index (χ0v) is 17.7. The number of nitrogens with one attached hydrogen (secondary N) is 1. The summed E-state index contributed by atoms with van der Waals surface area (Å²) in [5.74, 6) is -0.570. The van der Waals surface area contributed by atoms with Crippen molar-refractivity contribution in [3.05, 3.63) is 95.1 Å². The first-order valence-electron chi connectivity index (χ1n) is 9.70. The molecule has 4 aromatic rings. The number of anilines is 1. The van der Waals surface area contributed by atoms with Gasteiger partial charge in [0.05, 0.1) is 22.0 Å². The Hall–Kier alpha value is -3.71. The third-order valence-electron chi connectivity index (χ3n) is 4.80. The number of hydrogen-bond acceptors (Lipinski definition) is 3. The number of carbonyl (C=O) groups excluding carboxylic acids is 1. The van der Waals surface area contributed by atoms with E-state index in [9.17, 15) is 13.6 Å². The van der Waals surface area contributed by atoms with Crippen LogP contribution in [0.15, 0.2) is 78.9 Å². The lowest BCUT2D eigenvalue weighted by molar-refractivity contribution is -0.0497. The number of nitrogens with zero attached hydrogens (tertiary/aromatic N) is 2. The monoisotopic (exact) mass is 453 g/mol. The number of hydrogen-bond donors (Lipinski definition) is 1. The van der Waals surface area contributed by atoms with Crippen LogP contribution in [0, 0.1) is 6.92 Å². The summed E-state index contributed by atoms with van der Waals surface area (Å²) in [7, 11) is 0. The number of benzene rings is 3. The highest BCUT2D eigenvalue weighted by atomic mass is 35.5. The summed E-state index contributed by atoms with van der Waals surface area (Å²) >= 11 is 6.02. The average molecular weight is 454 g/mol. The van der Waals surface area contributed by atoms with Crippen molar-refractivity contribution in [2.45, 2.75) is 13.5 Å². The van der Waals surface area contributed by atoms with E-state index in [0.29, 0.717) is 22.6 Å². The molecule has 8 heteroatoms. The van der Waals surface area contributed by atoms with Gasteiger partial charge in [-0.15, -0.1) is 0 Å². The van der Waals surface area contributed by atoms with Crippen LogP contribution in [0.3, 0.4) is 0 Å². The lowest BCUT2D eigenvalue weighted by Gasteiger charge is -2.10. The van der Waals surface area contributed by atoms with Crippen LogP contribution < -0.4 is 10.1 Å². The van der Waals surface area contributed by atoms with Gasteiger partial charge in [0.2, 0.25) is 0 Å². The molecule has 1 aromatic heterocycles. The molecule has 0 bridgehead atoms. The van der Waals surface area contributed by atoms with Crippen molar-refractivity contribution in [3.63, 3.8) is 0 Å². The summed E-state index contributed by atoms with van der Waals surface area (Å²) in [6.07, 6.45) is 0. The van der Waals surface area contributed by atoms with Gasteiger partial charge in [0.1, 0.15) is 11.4 Å². The molecule has 0 saturated heterocycles. The van der Waals surface area contributed by atoms with Crippen LogP contribution in [-0.2, 0) is 0 Å². The fourth-order valence-electron chi connectivity index (χ4n) is 3.36. The van der Waals surface area contributed by atoms with E-state index in [1.165, 1.54) is 18.2 Å². The summed E-state index contributed by atoms with van der Waals surface area (Å²) in [6, 6.07) is 22.9. The highest BCUT2D eigenvalue weighted by Gasteiger charge is 2.23. The van der Waals surface area contributed by atoms with E-state index in [1.807, 2.05) is 67.6 Å². The maximum absolute atomic E-state index is 13.3. The normalized spacial score (nSPS) is 10.9. The second-order valence-electron chi connectivity index (χ2n) is 6.90. The molecule has 1 amide bonds. The van der Waals surface area contributed by atoms with E-state index in [4.69, 9.17) is 16.7 Å². The Balaban J connectivity index is 1.73. The smallest absolute Gasteiger partial charge is 0.387 e. The zero-order valence-electron chi connectivity index (χ0n) is 16.9. The first kappa shape index (κ1) is 21.5. The number of ether oxygens (including phenoxy) is 1. The van der Waals surface area contributed by atoms with Gasteiger partial charge >= 0.3 is 6.61 Å². The number of alkyl halides is 2. The van der Waals surface area contributed by atoms with E-state index >= 15 is 0 Å². The van der Waals surface area contributed by atoms with Crippen molar-refractivity contribution in [3.8, 4) is 22.7 Å². The Labute approximate surface area is 188 Å². The van der Waals surface area contributed by atoms with E-state index in [0.717, 1.165) is 11.3 Å². The average Bonchev–Trinajstić information content (AvgIpc) is 3.14. The van der Waals surface area contributed by atoms with Crippen molar-refractivity contribution in [1.82, 2.24) is 9.78 Å². The van der Waals surface area contributed by atoms with Crippen molar-refractivity contribution in [2.75, 3.05) is 5.32 Å². The SMILES string of the molecule is Cc1c(C(=O)Nc2ccc(OC(F)F)c(Cl)c2)c(-c2ccccc2)nn1-c1ccccc1. The topological polar surface area (TPSA) is 56.1 Å². The molecule has 0 atom stereocenters. The van der Waals surface area contributed by atoms with E-state index < -0.39 is 12.5 Å². The minimum Gasteiger partial charge on any atom is -0.433 e. The molecule has 162 valence electrons. The number of amides is 1. The standard InChI is InChI=1S/C24H18ClF2N3O2/c1-15-21(23(31)28-17-12-13-20(19(25)14-17)32-24(26)27)22(16-8-4-2-5-9-16)29-30(15)18-10-6-3-7-11-18/h2-14,24H,1H3,(H,28,31). The minimum atomic E-state index is -2.99. The molecule has 3 aromatic carbocycles. The Morgan fingerprint density at radius 2 is 1.69 bits per heavy atom. The summed E-state index contributed by atoms with van der Waals surface area (Å²) in [5, 5.41) is 7.44. The maximum atomic E-state index is 13.3. The summed E-state index contributed by atoms with van der Waals surface area (Å²) in [4.78, 5) is 13.3. The molecular weight excluding hydrogens is 436 g/mol. The Bertz CT molecular complexity index is 1250. The molecular formula is C24H18ClF2N3O2. The van der Waals surface area contributed by atoms with Crippen molar-refractivity contribution < 1.29 is 18.3 Å². The van der Waals surface area contributed by atoms with Crippen molar-refractivity contribution in [1.29, 1.82) is 0 Å². The highest BCUT2D eigenvalue weighted by molar-refractivity contribution is 6.32. The predicted octanol–water partition coefficient (Wildman–Crippen LogP) is 6.35. The molecule has 0 radical (unpaired) electrons. The van der Waals surface area contributed by atoms with Gasteiger partial charge in [-0.3, -0.25) is 4.79 Å². The van der Waals surface area contributed by atoms with E-state index in [1.54, 1.807) is 4.68 Å². The van der Waals surface area contributed by atoms with Crippen LogP contribution in [0.25, 0.3) is 16.9 Å². The van der Waals surface area contributed by atoms with Crippen LogP contribution in [0.1, 0.15) is 16.1 Å². The number of halogens is 3. The molecule has 1 heterocycles. The number of para-hydroxylation sites is 1. The Kier molecular flexibility index (Phi) is 6.18. The lowest BCUT2D eigenvalue weighted by atomic mass is 10.1. The van der Waals surface area contributed by atoms with Gasteiger partial charge in [-0.25, -0.2) is 4.68 Å². The summed E-state index contributed by atoms with van der Waals surface area (Å²) in [6.45, 7) is -1.18. The second kappa shape index (κ2) is 9.20. The van der Waals surface area contributed by atoms with E-state index in [-0.39, 0.29) is 10.8 Å². The minimum absolute atomic E-state index is 0.0388. The van der Waals surface area contributed by atoms with Gasteiger partial charge in [-0.05, 0) is 37.3 Å². The number of aromatic nitrogens is 2. The van der Waals surface area contributed by atoms with Gasteiger partial charge < -0.3 is 10.1 Å². The fourth-order valence-corrected chi connectivity index (χ4v) is 3.58. The van der Waals surface area contributed by atoms with Crippen molar-refractivity contribution in [2.24, 2.45) is 0 Å². The molecule has 0 aliphatic carbocycles. The molecule has 5 nitrogen and oxygen atoms in total. The third kappa shape index (κ3) is 4.48. The predicted molar refractivity (Wildman–Crippen MR) is 120 cm³/mol. The molecule has 0 fully saturated rings. The molecule has 1 N–H and O–H groups in total. The zero-order chi connectivity index (χ0) is 22.7. The van der Waals surface area contributed by atoms with Crippen LogP contribution in [-0.4, -0.2) is 22.3 Å². The first-order valence-corrected chi connectivity index (χ1v) is 10.1. The number of rotatable bonds is 6. The van der Waals surface area contributed by atoms with Crippen LogP contribution in [0.4, 0.5) is 14.5 Å². The third-order valence-corrected chi connectivity index (χ3v) is 5.09. The quantitative estimate of drug-likeness (QED) is 0.370. The molecule has 0 aliphatic rings. The Morgan fingerprint density at radius 3 is 2.31 bits per heavy atom. The lowest BCUT2D eigenvalue weighted by Crippen LogP contribution is -2.14. The molecule has 32 heavy (non-hydrogen) atoms. The summed E-state index contributed by atoms with van der Waals surface area (Å²) in [5.41, 5.74) is 3.51. The van der Waals surface area contributed by atoms with Crippen LogP contribution in [0.2, 0.25) is 5.02 Å². The summed E-state index contributed by atoms with van der Waals surface area (Å²) < 4.78 is 31.0. The van der Waals surface area contributed by atoms with Gasteiger partial charge in [0.15, 0.2) is 0 Å². The largest absolute Gasteiger partial charge is 0.433 e.